The molecule has 2 saturated heterocycles. The van der Waals surface area contributed by atoms with E-state index in [1.807, 2.05) is 12.1 Å². The van der Waals surface area contributed by atoms with Crippen molar-refractivity contribution < 1.29 is 9.18 Å². The summed E-state index contributed by atoms with van der Waals surface area (Å²) in [6, 6.07) is 7.79. The van der Waals surface area contributed by atoms with Crippen LogP contribution in [0.3, 0.4) is 0 Å². The molecule has 5 heteroatoms. The monoisotopic (exact) mass is 331 g/mol. The topological polar surface area (TPSA) is 26.8 Å². The molecule has 4 rings (SSSR count). The Labute approximate surface area is 143 Å². The third kappa shape index (κ3) is 3.14. The lowest BCUT2D eigenvalue weighted by molar-refractivity contribution is 0.116. The number of rotatable bonds is 3. The van der Waals surface area contributed by atoms with Gasteiger partial charge in [-0.1, -0.05) is 31.4 Å². The second-order valence-corrected chi connectivity index (χ2v) is 7.44. The molecule has 0 radical (unpaired) electrons. The number of halogens is 1. The molecule has 0 N–H and O–H groups in total. The van der Waals surface area contributed by atoms with Crippen LogP contribution in [0.4, 0.5) is 9.18 Å². The molecule has 1 aromatic carbocycles. The standard InChI is InChI=1S/C19H26FN3O/c20-16-8-6-15(7-9-16)12-21-10-11-22-18(13-21)14-23(19(22)24)17-4-2-1-3-5-17/h6-9,17-18H,1-5,10-14H2/t18-/m1/s1. The molecule has 0 bridgehead atoms. The first-order chi connectivity index (χ1) is 11.7. The van der Waals surface area contributed by atoms with Crippen LogP contribution in [0.2, 0.25) is 0 Å². The van der Waals surface area contributed by atoms with Crippen LogP contribution in [0.1, 0.15) is 37.7 Å². The average molecular weight is 331 g/mol. The van der Waals surface area contributed by atoms with Crippen molar-refractivity contribution >= 4 is 6.03 Å². The van der Waals surface area contributed by atoms with E-state index >= 15 is 0 Å². The summed E-state index contributed by atoms with van der Waals surface area (Å²) < 4.78 is 13.0. The molecule has 2 aliphatic heterocycles. The second-order valence-electron chi connectivity index (χ2n) is 7.44. The van der Waals surface area contributed by atoms with Crippen molar-refractivity contribution in [2.45, 2.75) is 50.7 Å². The number of carbonyl (C=O) groups excluding carboxylic acids is 1. The van der Waals surface area contributed by atoms with E-state index in [0.717, 1.165) is 38.3 Å². The maximum atomic E-state index is 13.0. The van der Waals surface area contributed by atoms with Crippen LogP contribution in [-0.4, -0.2) is 59.0 Å². The summed E-state index contributed by atoms with van der Waals surface area (Å²) in [7, 11) is 0. The van der Waals surface area contributed by atoms with Crippen LogP contribution in [0.5, 0.6) is 0 Å². The fourth-order valence-corrected chi connectivity index (χ4v) is 4.49. The molecule has 1 aromatic rings. The summed E-state index contributed by atoms with van der Waals surface area (Å²) in [6.45, 7) is 4.35. The number of fused-ring (bicyclic) bond motifs is 1. The fraction of sp³-hybridized carbons (Fsp3) is 0.632. The van der Waals surface area contributed by atoms with Crippen molar-refractivity contribution in [3.63, 3.8) is 0 Å². The van der Waals surface area contributed by atoms with Crippen molar-refractivity contribution in [3.05, 3.63) is 35.6 Å². The van der Waals surface area contributed by atoms with E-state index in [4.69, 9.17) is 0 Å². The maximum absolute atomic E-state index is 13.0. The Morgan fingerprint density at radius 2 is 1.67 bits per heavy atom. The first-order valence-electron chi connectivity index (χ1n) is 9.25. The zero-order valence-corrected chi connectivity index (χ0v) is 14.2. The lowest BCUT2D eigenvalue weighted by atomic mass is 9.94. The molecule has 1 aliphatic carbocycles. The van der Waals surface area contributed by atoms with Crippen LogP contribution < -0.4 is 0 Å². The quantitative estimate of drug-likeness (QED) is 0.851. The van der Waals surface area contributed by atoms with E-state index in [2.05, 4.69) is 14.7 Å². The number of nitrogens with zero attached hydrogens (tertiary/aromatic N) is 3. The molecule has 2 amide bonds. The summed E-state index contributed by atoms with van der Waals surface area (Å²) in [4.78, 5) is 19.4. The molecule has 130 valence electrons. The number of carbonyl (C=O) groups is 1. The van der Waals surface area contributed by atoms with Gasteiger partial charge in [0.2, 0.25) is 0 Å². The lowest BCUT2D eigenvalue weighted by Gasteiger charge is -2.36. The van der Waals surface area contributed by atoms with Gasteiger partial charge >= 0.3 is 6.03 Å². The molecule has 0 aromatic heterocycles. The Hall–Kier alpha value is -1.62. The Morgan fingerprint density at radius 3 is 2.42 bits per heavy atom. The van der Waals surface area contributed by atoms with Crippen molar-refractivity contribution in [2.24, 2.45) is 0 Å². The number of hydrogen-bond acceptors (Lipinski definition) is 2. The first kappa shape index (κ1) is 15.9. The highest BCUT2D eigenvalue weighted by Crippen LogP contribution is 2.29. The van der Waals surface area contributed by atoms with Crippen LogP contribution in [0.25, 0.3) is 0 Å². The second kappa shape index (κ2) is 6.71. The zero-order chi connectivity index (χ0) is 16.5. The molecular weight excluding hydrogens is 305 g/mol. The molecule has 24 heavy (non-hydrogen) atoms. The molecule has 4 nitrogen and oxygen atoms in total. The lowest BCUT2D eigenvalue weighted by Crippen LogP contribution is -2.51. The minimum Gasteiger partial charge on any atom is -0.320 e. The Bertz CT molecular complexity index is 585. The van der Waals surface area contributed by atoms with Gasteiger partial charge in [-0.3, -0.25) is 4.90 Å². The van der Waals surface area contributed by atoms with Crippen molar-refractivity contribution in [1.82, 2.24) is 14.7 Å². The zero-order valence-electron chi connectivity index (χ0n) is 14.2. The third-order valence-electron chi connectivity index (χ3n) is 5.80. The molecule has 0 spiro atoms. The van der Waals surface area contributed by atoms with Gasteiger partial charge in [0.15, 0.2) is 0 Å². The van der Waals surface area contributed by atoms with E-state index in [-0.39, 0.29) is 11.8 Å². The highest BCUT2D eigenvalue weighted by molar-refractivity contribution is 5.77. The van der Waals surface area contributed by atoms with Crippen LogP contribution in [0, 0.1) is 5.82 Å². The van der Waals surface area contributed by atoms with Gasteiger partial charge in [-0.25, -0.2) is 9.18 Å². The normalized spacial score (nSPS) is 26.0. The minimum atomic E-state index is -0.187. The van der Waals surface area contributed by atoms with Crippen molar-refractivity contribution in [3.8, 4) is 0 Å². The van der Waals surface area contributed by atoms with E-state index < -0.39 is 0 Å². The average Bonchev–Trinajstić information content (AvgIpc) is 2.94. The largest absolute Gasteiger partial charge is 0.320 e. The smallest absolute Gasteiger partial charge is 0.320 e. The molecule has 1 atom stereocenters. The Balaban J connectivity index is 1.38. The predicted octanol–water partition coefficient (Wildman–Crippen LogP) is 3.08. The van der Waals surface area contributed by atoms with Crippen LogP contribution in [-0.2, 0) is 6.54 Å². The van der Waals surface area contributed by atoms with Crippen molar-refractivity contribution in [1.29, 1.82) is 0 Å². The minimum absolute atomic E-state index is 0.187. The molecule has 3 fully saturated rings. The van der Waals surface area contributed by atoms with Crippen molar-refractivity contribution in [2.75, 3.05) is 26.2 Å². The van der Waals surface area contributed by atoms with Gasteiger partial charge in [0.1, 0.15) is 5.82 Å². The number of urea groups is 1. The Morgan fingerprint density at radius 1 is 0.917 bits per heavy atom. The van der Waals surface area contributed by atoms with Crippen LogP contribution in [0.15, 0.2) is 24.3 Å². The summed E-state index contributed by atoms with van der Waals surface area (Å²) in [6.07, 6.45) is 6.18. The van der Waals surface area contributed by atoms with E-state index in [9.17, 15) is 9.18 Å². The molecule has 1 saturated carbocycles. The SMILES string of the molecule is O=C1N(C2CCCCC2)C[C@H]2CN(Cc3ccc(F)cc3)CCN12. The van der Waals surface area contributed by atoms with E-state index in [1.54, 1.807) is 0 Å². The third-order valence-corrected chi connectivity index (χ3v) is 5.80. The number of piperazine rings is 1. The van der Waals surface area contributed by atoms with Gasteiger partial charge < -0.3 is 9.80 Å². The van der Waals surface area contributed by atoms with Gasteiger partial charge in [-0.2, -0.15) is 0 Å². The van der Waals surface area contributed by atoms with Gasteiger partial charge in [-0.15, -0.1) is 0 Å². The molecule has 0 unspecified atom stereocenters. The Kier molecular flexibility index (Phi) is 4.44. The molecular formula is C19H26FN3O. The summed E-state index contributed by atoms with van der Waals surface area (Å²) in [5, 5.41) is 0. The number of amides is 2. The fourth-order valence-electron chi connectivity index (χ4n) is 4.49. The highest BCUT2D eigenvalue weighted by Gasteiger charge is 2.43. The van der Waals surface area contributed by atoms with Gasteiger partial charge in [0.25, 0.3) is 0 Å². The highest BCUT2D eigenvalue weighted by atomic mass is 19.1. The van der Waals surface area contributed by atoms with Gasteiger partial charge in [0.05, 0.1) is 6.04 Å². The van der Waals surface area contributed by atoms with Gasteiger partial charge in [-0.05, 0) is 30.5 Å². The van der Waals surface area contributed by atoms with E-state index in [0.29, 0.717) is 12.1 Å². The van der Waals surface area contributed by atoms with E-state index in [1.165, 1.54) is 44.2 Å². The number of hydrogen-bond donors (Lipinski definition) is 0. The predicted molar refractivity (Wildman–Crippen MR) is 91.1 cm³/mol. The summed E-state index contributed by atoms with van der Waals surface area (Å²) in [5.41, 5.74) is 1.14. The number of benzene rings is 1. The molecule has 2 heterocycles. The summed E-state index contributed by atoms with van der Waals surface area (Å²) in [5.74, 6) is -0.187. The van der Waals surface area contributed by atoms with Crippen LogP contribution >= 0.6 is 0 Å². The van der Waals surface area contributed by atoms with Gasteiger partial charge in [0, 0.05) is 38.8 Å². The maximum Gasteiger partial charge on any atom is 0.320 e. The molecule has 3 aliphatic rings. The first-order valence-corrected chi connectivity index (χ1v) is 9.25. The summed E-state index contributed by atoms with van der Waals surface area (Å²) >= 11 is 0.